The molecule has 1 aromatic carbocycles. The SMILES string of the molecule is CCC(C)n1ccc(Cn2ccc3cc(C=O)ccc32)n1. The molecule has 0 bridgehead atoms. The molecule has 0 amide bonds. The normalized spacial score (nSPS) is 12.7. The molecule has 0 spiro atoms. The minimum atomic E-state index is 0.426. The summed E-state index contributed by atoms with van der Waals surface area (Å²) < 4.78 is 4.18. The molecular formula is C17H19N3O. The van der Waals surface area contributed by atoms with E-state index in [0.29, 0.717) is 11.6 Å². The number of fused-ring (bicyclic) bond motifs is 1. The average Bonchev–Trinajstić information content (AvgIpc) is 3.14. The lowest BCUT2D eigenvalue weighted by molar-refractivity contribution is 0.112. The standard InChI is InChI=1S/C17H19N3O/c1-3-13(2)20-9-7-16(18-20)11-19-8-6-15-10-14(12-21)4-5-17(15)19/h4-10,12-13H,3,11H2,1-2H3. The number of nitrogens with zero attached hydrogens (tertiary/aromatic N) is 3. The highest BCUT2D eigenvalue weighted by atomic mass is 16.1. The van der Waals surface area contributed by atoms with Crippen molar-refractivity contribution in [3.05, 3.63) is 54.0 Å². The van der Waals surface area contributed by atoms with Crippen LogP contribution >= 0.6 is 0 Å². The summed E-state index contributed by atoms with van der Waals surface area (Å²) >= 11 is 0. The van der Waals surface area contributed by atoms with Crippen LogP contribution in [0.5, 0.6) is 0 Å². The van der Waals surface area contributed by atoms with Crippen LogP contribution in [-0.4, -0.2) is 20.6 Å². The molecule has 1 unspecified atom stereocenters. The minimum Gasteiger partial charge on any atom is -0.341 e. The maximum Gasteiger partial charge on any atom is 0.150 e. The first-order valence-electron chi connectivity index (χ1n) is 7.29. The van der Waals surface area contributed by atoms with Gasteiger partial charge in [0, 0.05) is 34.9 Å². The van der Waals surface area contributed by atoms with Gasteiger partial charge >= 0.3 is 0 Å². The minimum absolute atomic E-state index is 0.426. The molecule has 4 nitrogen and oxygen atoms in total. The molecule has 3 rings (SSSR count). The summed E-state index contributed by atoms with van der Waals surface area (Å²) in [6.07, 6.45) is 6.04. The van der Waals surface area contributed by atoms with Crippen molar-refractivity contribution in [3.8, 4) is 0 Å². The molecule has 108 valence electrons. The van der Waals surface area contributed by atoms with Crippen molar-refractivity contribution in [3.63, 3.8) is 0 Å². The van der Waals surface area contributed by atoms with Crippen LogP contribution < -0.4 is 0 Å². The van der Waals surface area contributed by atoms with Crippen LogP contribution in [0.1, 0.15) is 42.4 Å². The van der Waals surface area contributed by atoms with Crippen molar-refractivity contribution >= 4 is 17.2 Å². The lowest BCUT2D eigenvalue weighted by Gasteiger charge is -2.08. The summed E-state index contributed by atoms with van der Waals surface area (Å²) in [5.74, 6) is 0. The Labute approximate surface area is 124 Å². The summed E-state index contributed by atoms with van der Waals surface area (Å²) in [7, 11) is 0. The number of hydrogen-bond acceptors (Lipinski definition) is 2. The summed E-state index contributed by atoms with van der Waals surface area (Å²) in [5, 5.41) is 5.72. The zero-order chi connectivity index (χ0) is 14.8. The number of aldehydes is 1. The van der Waals surface area contributed by atoms with Gasteiger partial charge in [-0.15, -0.1) is 0 Å². The van der Waals surface area contributed by atoms with Crippen molar-refractivity contribution in [1.82, 2.24) is 14.3 Å². The van der Waals surface area contributed by atoms with Gasteiger partial charge in [-0.25, -0.2) is 0 Å². The Morgan fingerprint density at radius 1 is 1.24 bits per heavy atom. The van der Waals surface area contributed by atoms with E-state index < -0.39 is 0 Å². The molecule has 0 saturated heterocycles. The lowest BCUT2D eigenvalue weighted by atomic mass is 10.2. The van der Waals surface area contributed by atoms with E-state index in [1.54, 1.807) is 0 Å². The Kier molecular flexibility index (Phi) is 3.60. The largest absolute Gasteiger partial charge is 0.341 e. The molecular weight excluding hydrogens is 262 g/mol. The van der Waals surface area contributed by atoms with E-state index >= 15 is 0 Å². The number of aromatic nitrogens is 3. The van der Waals surface area contributed by atoms with E-state index in [9.17, 15) is 4.79 Å². The molecule has 3 aromatic rings. The average molecular weight is 281 g/mol. The molecule has 0 aliphatic rings. The number of benzene rings is 1. The van der Waals surface area contributed by atoms with E-state index in [4.69, 9.17) is 0 Å². The van der Waals surface area contributed by atoms with Gasteiger partial charge in [0.2, 0.25) is 0 Å². The van der Waals surface area contributed by atoms with Gasteiger partial charge in [0.1, 0.15) is 6.29 Å². The summed E-state index contributed by atoms with van der Waals surface area (Å²) in [6.45, 7) is 5.08. The Hall–Kier alpha value is -2.36. The quantitative estimate of drug-likeness (QED) is 0.669. The van der Waals surface area contributed by atoms with Gasteiger partial charge < -0.3 is 4.57 Å². The third kappa shape index (κ3) is 2.61. The van der Waals surface area contributed by atoms with Gasteiger partial charge in [0.05, 0.1) is 12.2 Å². The molecule has 21 heavy (non-hydrogen) atoms. The molecule has 4 heteroatoms. The Bertz CT molecular complexity index is 769. The van der Waals surface area contributed by atoms with Crippen molar-refractivity contribution in [2.45, 2.75) is 32.9 Å². The van der Waals surface area contributed by atoms with Gasteiger partial charge in [-0.2, -0.15) is 5.10 Å². The van der Waals surface area contributed by atoms with Crippen LogP contribution in [0.2, 0.25) is 0 Å². The van der Waals surface area contributed by atoms with Gasteiger partial charge in [0.25, 0.3) is 0 Å². The fourth-order valence-corrected chi connectivity index (χ4v) is 2.50. The molecule has 2 heterocycles. The maximum atomic E-state index is 10.8. The van der Waals surface area contributed by atoms with Crippen molar-refractivity contribution in [1.29, 1.82) is 0 Å². The van der Waals surface area contributed by atoms with Crippen LogP contribution in [0.15, 0.2) is 42.7 Å². The summed E-state index contributed by atoms with van der Waals surface area (Å²) in [4.78, 5) is 10.8. The second kappa shape index (κ2) is 5.56. The predicted molar refractivity (Wildman–Crippen MR) is 83.7 cm³/mol. The molecule has 0 saturated carbocycles. The highest BCUT2D eigenvalue weighted by Crippen LogP contribution is 2.18. The van der Waals surface area contributed by atoms with E-state index in [0.717, 1.165) is 35.8 Å². The first kappa shape index (κ1) is 13.6. The van der Waals surface area contributed by atoms with Crippen molar-refractivity contribution in [2.24, 2.45) is 0 Å². The van der Waals surface area contributed by atoms with E-state index in [2.05, 4.69) is 29.6 Å². The topological polar surface area (TPSA) is 39.8 Å². The van der Waals surface area contributed by atoms with Crippen LogP contribution in [0.4, 0.5) is 0 Å². The molecule has 0 fully saturated rings. The lowest BCUT2D eigenvalue weighted by Crippen LogP contribution is -2.06. The van der Waals surface area contributed by atoms with Gasteiger partial charge in [-0.3, -0.25) is 9.48 Å². The highest BCUT2D eigenvalue weighted by Gasteiger charge is 2.07. The third-order valence-electron chi connectivity index (χ3n) is 3.97. The number of carbonyl (C=O) groups is 1. The second-order valence-electron chi connectivity index (χ2n) is 5.42. The zero-order valence-electron chi connectivity index (χ0n) is 12.4. The summed E-state index contributed by atoms with van der Waals surface area (Å²) in [6, 6.07) is 10.3. The predicted octanol–water partition coefficient (Wildman–Crippen LogP) is 3.67. The van der Waals surface area contributed by atoms with Gasteiger partial charge in [0.15, 0.2) is 0 Å². The molecule has 0 aliphatic carbocycles. The van der Waals surface area contributed by atoms with Crippen LogP contribution in [0, 0.1) is 0 Å². The Morgan fingerprint density at radius 3 is 2.86 bits per heavy atom. The first-order valence-corrected chi connectivity index (χ1v) is 7.29. The highest BCUT2D eigenvalue weighted by molar-refractivity contribution is 5.87. The number of rotatable bonds is 5. The van der Waals surface area contributed by atoms with Crippen molar-refractivity contribution in [2.75, 3.05) is 0 Å². The fraction of sp³-hybridized carbons (Fsp3) is 0.294. The smallest absolute Gasteiger partial charge is 0.150 e. The number of carbonyl (C=O) groups excluding carboxylic acids is 1. The fourth-order valence-electron chi connectivity index (χ4n) is 2.50. The molecule has 0 N–H and O–H groups in total. The Morgan fingerprint density at radius 2 is 2.10 bits per heavy atom. The molecule has 0 radical (unpaired) electrons. The summed E-state index contributed by atoms with van der Waals surface area (Å²) in [5.41, 5.74) is 2.88. The first-order chi connectivity index (χ1) is 10.2. The third-order valence-corrected chi connectivity index (χ3v) is 3.97. The van der Waals surface area contributed by atoms with E-state index in [1.165, 1.54) is 0 Å². The molecule has 2 aromatic heterocycles. The van der Waals surface area contributed by atoms with Gasteiger partial charge in [-0.1, -0.05) is 6.92 Å². The van der Waals surface area contributed by atoms with E-state index in [1.807, 2.05) is 41.3 Å². The molecule has 1 atom stereocenters. The zero-order valence-corrected chi connectivity index (χ0v) is 12.4. The second-order valence-corrected chi connectivity index (χ2v) is 5.42. The monoisotopic (exact) mass is 281 g/mol. The number of hydrogen-bond donors (Lipinski definition) is 0. The van der Waals surface area contributed by atoms with Crippen molar-refractivity contribution < 1.29 is 4.79 Å². The van der Waals surface area contributed by atoms with Crippen LogP contribution in [0.25, 0.3) is 10.9 Å². The van der Waals surface area contributed by atoms with E-state index in [-0.39, 0.29) is 0 Å². The maximum absolute atomic E-state index is 10.8. The van der Waals surface area contributed by atoms with Gasteiger partial charge in [-0.05, 0) is 43.7 Å². The molecule has 0 aliphatic heterocycles. The van der Waals surface area contributed by atoms with Crippen LogP contribution in [-0.2, 0) is 6.54 Å². The van der Waals surface area contributed by atoms with Crippen LogP contribution in [0.3, 0.4) is 0 Å². The Balaban J connectivity index is 1.88.